The maximum atomic E-state index is 13.3. The van der Waals surface area contributed by atoms with Gasteiger partial charge in [0.2, 0.25) is 0 Å². The molecule has 150 valence electrons. The highest BCUT2D eigenvalue weighted by Crippen LogP contribution is 2.31. The number of aryl methyl sites for hydroxylation is 2. The van der Waals surface area contributed by atoms with Crippen molar-refractivity contribution in [2.45, 2.75) is 19.6 Å². The molecule has 0 atom stereocenters. The topological polar surface area (TPSA) is 32.7 Å². The number of amides is 1. The van der Waals surface area contributed by atoms with Crippen LogP contribution in [0.4, 0.5) is 5.69 Å². The largest absolute Gasteiger partial charge is 0.283 e. The van der Waals surface area contributed by atoms with Gasteiger partial charge in [0.05, 0.1) is 5.69 Å². The first kappa shape index (κ1) is 20.5. The summed E-state index contributed by atoms with van der Waals surface area (Å²) in [4.78, 5) is 19.7. The fraction of sp³-hybridized carbons (Fsp3) is 0.120. The van der Waals surface area contributed by atoms with Crippen LogP contribution in [0.3, 0.4) is 0 Å². The van der Waals surface area contributed by atoms with Gasteiger partial charge in [0.1, 0.15) is 5.70 Å². The van der Waals surface area contributed by atoms with Crippen molar-refractivity contribution in [3.63, 3.8) is 0 Å². The van der Waals surface area contributed by atoms with E-state index in [-0.39, 0.29) is 5.91 Å². The van der Waals surface area contributed by atoms with Crippen molar-refractivity contribution in [2.24, 2.45) is 4.99 Å². The smallest absolute Gasteiger partial charge is 0.266 e. The highest BCUT2D eigenvalue weighted by atomic mass is 35.5. The quantitative estimate of drug-likeness (QED) is 0.433. The average Bonchev–Trinajstić information content (AvgIpc) is 3.04. The van der Waals surface area contributed by atoms with Crippen molar-refractivity contribution in [2.75, 3.05) is 4.90 Å². The highest BCUT2D eigenvalue weighted by molar-refractivity contribution is 8.13. The van der Waals surface area contributed by atoms with Gasteiger partial charge in [-0.05, 0) is 60.9 Å². The summed E-state index contributed by atoms with van der Waals surface area (Å²) in [6.45, 7) is 4.06. The second-order valence-corrected chi connectivity index (χ2v) is 8.61. The molecule has 30 heavy (non-hydrogen) atoms. The summed E-state index contributed by atoms with van der Waals surface area (Å²) in [5.74, 6) is 0.587. The molecule has 0 fully saturated rings. The second kappa shape index (κ2) is 8.90. The third kappa shape index (κ3) is 4.66. The van der Waals surface area contributed by atoms with Crippen molar-refractivity contribution in [1.29, 1.82) is 0 Å². The molecule has 0 unspecified atom stereocenters. The molecule has 5 heteroatoms. The molecule has 1 aliphatic rings. The van der Waals surface area contributed by atoms with Crippen molar-refractivity contribution < 1.29 is 4.79 Å². The Kier molecular flexibility index (Phi) is 6.07. The third-order valence-corrected chi connectivity index (χ3v) is 6.01. The van der Waals surface area contributed by atoms with E-state index in [2.05, 4.69) is 0 Å². The zero-order valence-corrected chi connectivity index (χ0v) is 18.4. The molecule has 1 heterocycles. The molecule has 0 bridgehead atoms. The van der Waals surface area contributed by atoms with Crippen LogP contribution in [0.25, 0.3) is 6.08 Å². The monoisotopic (exact) mass is 432 g/mol. The SMILES string of the molecule is Cc1ccc(C=C2N=C(SCc3ccc(Cl)cc3)N(c3cccc(C)c3)C2=O)cc1. The van der Waals surface area contributed by atoms with Crippen LogP contribution in [-0.4, -0.2) is 11.1 Å². The fourth-order valence-electron chi connectivity index (χ4n) is 3.14. The summed E-state index contributed by atoms with van der Waals surface area (Å²) < 4.78 is 0. The van der Waals surface area contributed by atoms with E-state index in [0.29, 0.717) is 21.6 Å². The van der Waals surface area contributed by atoms with Gasteiger partial charge in [-0.3, -0.25) is 9.69 Å². The van der Waals surface area contributed by atoms with Crippen LogP contribution in [0.15, 0.2) is 83.5 Å². The summed E-state index contributed by atoms with van der Waals surface area (Å²) >= 11 is 7.53. The van der Waals surface area contributed by atoms with Gasteiger partial charge < -0.3 is 0 Å². The van der Waals surface area contributed by atoms with Gasteiger partial charge in [0, 0.05) is 10.8 Å². The van der Waals surface area contributed by atoms with E-state index >= 15 is 0 Å². The maximum Gasteiger partial charge on any atom is 0.283 e. The summed E-state index contributed by atoms with van der Waals surface area (Å²) in [7, 11) is 0. The van der Waals surface area contributed by atoms with Crippen molar-refractivity contribution in [3.05, 3.63) is 106 Å². The van der Waals surface area contributed by atoms with Crippen LogP contribution in [0, 0.1) is 13.8 Å². The molecule has 0 N–H and O–H groups in total. The lowest BCUT2D eigenvalue weighted by molar-refractivity contribution is -0.113. The molecular weight excluding hydrogens is 412 g/mol. The fourth-order valence-corrected chi connectivity index (χ4v) is 4.23. The predicted molar refractivity (Wildman–Crippen MR) is 128 cm³/mol. The number of hydrogen-bond donors (Lipinski definition) is 0. The van der Waals surface area contributed by atoms with Gasteiger partial charge in [-0.1, -0.05) is 77.5 Å². The predicted octanol–water partition coefficient (Wildman–Crippen LogP) is 6.63. The molecule has 0 aromatic heterocycles. The Morgan fingerprint density at radius 1 is 0.967 bits per heavy atom. The lowest BCUT2D eigenvalue weighted by Crippen LogP contribution is -2.30. The summed E-state index contributed by atoms with van der Waals surface area (Å²) in [5, 5.41) is 1.39. The number of benzene rings is 3. The molecule has 1 aliphatic heterocycles. The van der Waals surface area contributed by atoms with Gasteiger partial charge in [0.15, 0.2) is 5.17 Å². The van der Waals surface area contributed by atoms with E-state index in [4.69, 9.17) is 16.6 Å². The Balaban J connectivity index is 1.66. The van der Waals surface area contributed by atoms with Crippen molar-refractivity contribution in [3.8, 4) is 0 Å². The number of amidine groups is 1. The standard InChI is InChI=1S/C25H21ClN2OS/c1-17-6-8-19(9-7-17)15-23-24(29)28(22-5-3-4-18(2)14-22)25(27-23)30-16-20-10-12-21(26)13-11-20/h3-15H,16H2,1-2H3. The van der Waals surface area contributed by atoms with Gasteiger partial charge in [-0.15, -0.1) is 0 Å². The van der Waals surface area contributed by atoms with Gasteiger partial charge in [-0.2, -0.15) is 0 Å². The lowest BCUT2D eigenvalue weighted by Gasteiger charge is -2.18. The molecule has 0 aliphatic carbocycles. The van der Waals surface area contributed by atoms with Crippen molar-refractivity contribution in [1.82, 2.24) is 0 Å². The highest BCUT2D eigenvalue weighted by Gasteiger charge is 2.32. The number of aliphatic imine (C=N–C) groups is 1. The number of rotatable bonds is 4. The summed E-state index contributed by atoms with van der Waals surface area (Å²) in [6, 6.07) is 23.7. The van der Waals surface area contributed by atoms with Gasteiger partial charge in [-0.25, -0.2) is 4.99 Å². The number of halogens is 1. The van der Waals surface area contributed by atoms with Crippen LogP contribution in [-0.2, 0) is 10.5 Å². The molecule has 0 spiro atoms. The van der Waals surface area contributed by atoms with E-state index in [1.54, 1.807) is 16.7 Å². The van der Waals surface area contributed by atoms with E-state index < -0.39 is 0 Å². The number of carbonyl (C=O) groups is 1. The van der Waals surface area contributed by atoms with Gasteiger partial charge in [0.25, 0.3) is 5.91 Å². The number of hydrogen-bond acceptors (Lipinski definition) is 3. The first-order valence-corrected chi connectivity index (χ1v) is 11.0. The maximum absolute atomic E-state index is 13.3. The normalized spacial score (nSPS) is 15.0. The molecule has 3 aromatic carbocycles. The van der Waals surface area contributed by atoms with E-state index in [1.807, 2.05) is 92.7 Å². The zero-order chi connectivity index (χ0) is 21.1. The molecule has 3 nitrogen and oxygen atoms in total. The molecule has 0 radical (unpaired) electrons. The molecule has 0 saturated heterocycles. The Morgan fingerprint density at radius 2 is 1.70 bits per heavy atom. The minimum Gasteiger partial charge on any atom is -0.266 e. The zero-order valence-electron chi connectivity index (χ0n) is 16.8. The first-order valence-electron chi connectivity index (χ1n) is 9.65. The molecule has 4 rings (SSSR count). The average molecular weight is 433 g/mol. The number of nitrogens with zero attached hydrogens (tertiary/aromatic N) is 2. The van der Waals surface area contributed by atoms with Crippen LogP contribution in [0.2, 0.25) is 5.02 Å². The van der Waals surface area contributed by atoms with E-state index in [1.165, 1.54) is 5.56 Å². The second-order valence-electron chi connectivity index (χ2n) is 7.23. The third-order valence-electron chi connectivity index (χ3n) is 4.75. The van der Waals surface area contributed by atoms with E-state index in [9.17, 15) is 4.79 Å². The van der Waals surface area contributed by atoms with Crippen LogP contribution in [0.1, 0.15) is 22.3 Å². The van der Waals surface area contributed by atoms with Crippen LogP contribution >= 0.6 is 23.4 Å². The van der Waals surface area contributed by atoms with Crippen molar-refractivity contribution >= 4 is 46.2 Å². The summed E-state index contributed by atoms with van der Waals surface area (Å²) in [6.07, 6.45) is 1.85. The number of thioether (sulfide) groups is 1. The molecule has 0 saturated carbocycles. The Morgan fingerprint density at radius 3 is 2.40 bits per heavy atom. The first-order chi connectivity index (χ1) is 14.5. The Bertz CT molecular complexity index is 1130. The summed E-state index contributed by atoms with van der Waals surface area (Å²) in [5.41, 5.74) is 5.63. The Labute approximate surface area is 186 Å². The molecule has 1 amide bonds. The molecule has 3 aromatic rings. The molecular formula is C25H21ClN2OS. The number of anilines is 1. The van der Waals surface area contributed by atoms with Crippen LogP contribution < -0.4 is 4.90 Å². The minimum atomic E-state index is -0.111. The lowest BCUT2D eigenvalue weighted by atomic mass is 10.1. The Hall–Kier alpha value is -2.82. The van der Waals surface area contributed by atoms with Crippen LogP contribution in [0.5, 0.6) is 0 Å². The minimum absolute atomic E-state index is 0.111. The van der Waals surface area contributed by atoms with Gasteiger partial charge >= 0.3 is 0 Å². The van der Waals surface area contributed by atoms with E-state index in [0.717, 1.165) is 22.4 Å². The number of carbonyl (C=O) groups excluding carboxylic acids is 1.